The number of anilines is 1. The number of rotatable bonds is 4. The smallest absolute Gasteiger partial charge is 0.271 e. The van der Waals surface area contributed by atoms with E-state index < -0.39 is 6.04 Å². The number of para-hydroxylation sites is 1. The third kappa shape index (κ3) is 4.28. The molecular weight excluding hydrogens is 465 g/mol. The number of allylic oxidation sites excluding steroid dienone is 1. The van der Waals surface area contributed by atoms with E-state index in [1.807, 2.05) is 31.2 Å². The highest BCUT2D eigenvalue weighted by Gasteiger charge is 2.34. The lowest BCUT2D eigenvalue weighted by Crippen LogP contribution is -2.40. The molecule has 0 saturated carbocycles. The van der Waals surface area contributed by atoms with Gasteiger partial charge in [-0.05, 0) is 68.3 Å². The molecule has 35 heavy (non-hydrogen) atoms. The molecule has 176 valence electrons. The standard InChI is InChI=1S/C27H22FN3O3S/c1-15-7-4-5-10-20(15)30-25(32)23-17(3)29-27-31(24(23)21-12-11-16(2)34-21)26(33)22(35-27)14-18-8-6-9-19(28)13-18/h4-14,24H,1-3H3,(H,30,32)/b22-14+. The van der Waals surface area contributed by atoms with E-state index in [1.165, 1.54) is 28.0 Å². The molecule has 0 fully saturated rings. The second-order valence-corrected chi connectivity index (χ2v) is 9.36. The van der Waals surface area contributed by atoms with Crippen molar-refractivity contribution >= 4 is 29.0 Å². The molecule has 1 aliphatic rings. The number of hydrogen-bond acceptors (Lipinski definition) is 5. The number of nitrogens with one attached hydrogen (secondary N) is 1. The molecule has 0 spiro atoms. The molecule has 0 aliphatic carbocycles. The van der Waals surface area contributed by atoms with Crippen LogP contribution in [0.5, 0.6) is 0 Å². The van der Waals surface area contributed by atoms with Crippen LogP contribution in [0.2, 0.25) is 0 Å². The first kappa shape index (κ1) is 22.7. The largest absolute Gasteiger partial charge is 0.464 e. The molecule has 2 aromatic heterocycles. The van der Waals surface area contributed by atoms with E-state index in [9.17, 15) is 14.0 Å². The van der Waals surface area contributed by atoms with Crippen molar-refractivity contribution in [1.82, 2.24) is 4.57 Å². The fourth-order valence-corrected chi connectivity index (χ4v) is 5.18. The van der Waals surface area contributed by atoms with Gasteiger partial charge in [-0.1, -0.05) is 41.7 Å². The van der Waals surface area contributed by atoms with Crippen molar-refractivity contribution in [3.8, 4) is 0 Å². The molecule has 8 heteroatoms. The van der Waals surface area contributed by atoms with Gasteiger partial charge >= 0.3 is 0 Å². The Bertz CT molecular complexity index is 1680. The van der Waals surface area contributed by atoms with Crippen LogP contribution in [-0.4, -0.2) is 10.5 Å². The number of thiazole rings is 1. The molecule has 1 N–H and O–H groups in total. The normalized spacial score (nSPS) is 15.7. The summed E-state index contributed by atoms with van der Waals surface area (Å²) in [7, 11) is 0. The second kappa shape index (κ2) is 8.96. The summed E-state index contributed by atoms with van der Waals surface area (Å²) in [5.74, 6) is 0.376. The maximum Gasteiger partial charge on any atom is 0.271 e. The predicted molar refractivity (Wildman–Crippen MR) is 133 cm³/mol. The molecule has 2 aromatic carbocycles. The summed E-state index contributed by atoms with van der Waals surface area (Å²) in [5, 5.41) is 2.96. The van der Waals surface area contributed by atoms with Gasteiger partial charge < -0.3 is 9.73 Å². The lowest BCUT2D eigenvalue weighted by Gasteiger charge is -2.23. The van der Waals surface area contributed by atoms with Gasteiger partial charge in [0, 0.05) is 5.69 Å². The fourth-order valence-electron chi connectivity index (χ4n) is 4.13. The summed E-state index contributed by atoms with van der Waals surface area (Å²) in [6.07, 6.45) is 1.63. The molecule has 0 bridgehead atoms. The van der Waals surface area contributed by atoms with Gasteiger partial charge in [0.2, 0.25) is 0 Å². The Kier molecular flexibility index (Phi) is 5.82. The molecule has 5 rings (SSSR count). The first-order valence-electron chi connectivity index (χ1n) is 11.0. The average molecular weight is 488 g/mol. The number of furan rings is 1. The van der Waals surface area contributed by atoms with Gasteiger partial charge in [-0.15, -0.1) is 0 Å². The molecule has 6 nitrogen and oxygen atoms in total. The van der Waals surface area contributed by atoms with E-state index in [2.05, 4.69) is 10.3 Å². The minimum Gasteiger partial charge on any atom is -0.464 e. The summed E-state index contributed by atoms with van der Waals surface area (Å²) in [4.78, 5) is 32.2. The van der Waals surface area contributed by atoms with Crippen LogP contribution in [0.4, 0.5) is 10.1 Å². The fraction of sp³-hybridized carbons (Fsp3) is 0.148. The van der Waals surface area contributed by atoms with E-state index in [0.717, 1.165) is 5.56 Å². The maximum absolute atomic E-state index is 13.7. The summed E-state index contributed by atoms with van der Waals surface area (Å²) in [6.45, 7) is 5.46. The van der Waals surface area contributed by atoms with Crippen LogP contribution in [0.25, 0.3) is 6.08 Å². The zero-order valence-electron chi connectivity index (χ0n) is 19.3. The first-order chi connectivity index (χ1) is 16.8. The number of aryl methyl sites for hydroxylation is 2. The number of benzene rings is 2. The number of amides is 1. The SMILES string of the molecule is CC1=C(C(=O)Nc2ccccc2C)C(c2ccc(C)o2)n2c(s/c(=C/c3cccc(F)c3)c2=O)=N1. The van der Waals surface area contributed by atoms with Gasteiger partial charge in [0.15, 0.2) is 4.80 Å². The lowest BCUT2D eigenvalue weighted by atomic mass is 10.00. The Morgan fingerprint density at radius 2 is 1.91 bits per heavy atom. The lowest BCUT2D eigenvalue weighted by molar-refractivity contribution is -0.113. The third-order valence-electron chi connectivity index (χ3n) is 5.84. The first-order valence-corrected chi connectivity index (χ1v) is 11.8. The van der Waals surface area contributed by atoms with Gasteiger partial charge in [-0.25, -0.2) is 9.38 Å². The zero-order valence-corrected chi connectivity index (χ0v) is 20.2. The summed E-state index contributed by atoms with van der Waals surface area (Å²) < 4.78 is 21.5. The Hall–Kier alpha value is -4.04. The molecular formula is C27H22FN3O3S. The third-order valence-corrected chi connectivity index (χ3v) is 6.82. The number of aromatic nitrogens is 1. The molecule has 1 atom stereocenters. The van der Waals surface area contributed by atoms with E-state index in [1.54, 1.807) is 44.2 Å². The van der Waals surface area contributed by atoms with Gasteiger partial charge in [-0.3, -0.25) is 14.2 Å². The molecule has 1 amide bonds. The van der Waals surface area contributed by atoms with Crippen molar-refractivity contribution in [2.75, 3.05) is 5.32 Å². The number of nitrogens with zero attached hydrogens (tertiary/aromatic N) is 2. The van der Waals surface area contributed by atoms with E-state index >= 15 is 0 Å². The van der Waals surface area contributed by atoms with E-state index in [4.69, 9.17) is 4.42 Å². The van der Waals surface area contributed by atoms with Crippen LogP contribution in [-0.2, 0) is 4.79 Å². The van der Waals surface area contributed by atoms with Gasteiger partial charge in [-0.2, -0.15) is 0 Å². The van der Waals surface area contributed by atoms with Crippen LogP contribution in [0.1, 0.15) is 35.6 Å². The highest BCUT2D eigenvalue weighted by molar-refractivity contribution is 7.07. The number of hydrogen-bond donors (Lipinski definition) is 1. The van der Waals surface area contributed by atoms with Crippen LogP contribution in [0, 0.1) is 19.7 Å². The molecule has 0 radical (unpaired) electrons. The number of halogens is 1. The minimum absolute atomic E-state index is 0.326. The van der Waals surface area contributed by atoms with Crippen LogP contribution < -0.4 is 20.2 Å². The van der Waals surface area contributed by atoms with Gasteiger partial charge in [0.25, 0.3) is 11.5 Å². The number of fused-ring (bicyclic) bond motifs is 1. The molecule has 1 unspecified atom stereocenters. The van der Waals surface area contributed by atoms with Crippen LogP contribution in [0.3, 0.4) is 0 Å². The Morgan fingerprint density at radius 3 is 2.63 bits per heavy atom. The van der Waals surface area contributed by atoms with Crippen molar-refractivity contribution in [2.24, 2.45) is 4.99 Å². The van der Waals surface area contributed by atoms with Crippen molar-refractivity contribution in [3.63, 3.8) is 0 Å². The Balaban J connectivity index is 1.67. The van der Waals surface area contributed by atoms with Crippen LogP contribution in [0.15, 0.2) is 86.1 Å². The summed E-state index contributed by atoms with van der Waals surface area (Å²) in [5.41, 5.74) is 2.65. The van der Waals surface area contributed by atoms with Crippen molar-refractivity contribution in [1.29, 1.82) is 0 Å². The quantitative estimate of drug-likeness (QED) is 0.468. The highest BCUT2D eigenvalue weighted by Crippen LogP contribution is 2.32. The second-order valence-electron chi connectivity index (χ2n) is 8.35. The highest BCUT2D eigenvalue weighted by atomic mass is 32.1. The zero-order chi connectivity index (χ0) is 24.7. The average Bonchev–Trinajstić information content (AvgIpc) is 3.37. The number of carbonyl (C=O) groups excluding carboxylic acids is 1. The molecule has 1 aliphatic heterocycles. The van der Waals surface area contributed by atoms with Crippen molar-refractivity contribution in [2.45, 2.75) is 26.8 Å². The predicted octanol–water partition coefficient (Wildman–Crippen LogP) is 4.22. The van der Waals surface area contributed by atoms with Crippen LogP contribution >= 0.6 is 11.3 Å². The maximum atomic E-state index is 13.7. The van der Waals surface area contributed by atoms with Gasteiger partial charge in [0.1, 0.15) is 23.4 Å². The van der Waals surface area contributed by atoms with Gasteiger partial charge in [0.05, 0.1) is 15.8 Å². The number of carbonyl (C=O) groups is 1. The summed E-state index contributed by atoms with van der Waals surface area (Å²) in [6, 6.07) is 16.3. The summed E-state index contributed by atoms with van der Waals surface area (Å²) >= 11 is 1.19. The van der Waals surface area contributed by atoms with E-state index in [-0.39, 0.29) is 17.3 Å². The molecule has 3 heterocycles. The monoisotopic (exact) mass is 487 g/mol. The minimum atomic E-state index is -0.793. The molecule has 4 aromatic rings. The van der Waals surface area contributed by atoms with E-state index in [0.29, 0.717) is 43.4 Å². The van der Waals surface area contributed by atoms with Crippen molar-refractivity contribution < 1.29 is 13.6 Å². The molecule has 0 saturated heterocycles. The Morgan fingerprint density at radius 1 is 1.11 bits per heavy atom. The van der Waals surface area contributed by atoms with Crippen molar-refractivity contribution in [3.05, 3.63) is 120 Å². The topological polar surface area (TPSA) is 76.6 Å². The Labute approximate surface area is 204 Å².